The molecule has 24 heavy (non-hydrogen) atoms. The molecule has 14 heteroatoms. The van der Waals surface area contributed by atoms with Crippen molar-refractivity contribution < 1.29 is 38.6 Å². The summed E-state index contributed by atoms with van der Waals surface area (Å²) < 4.78 is 20.4. The number of hydrogen-bond donors (Lipinski definition) is 5. The number of hydrogen-bond acceptors (Lipinski definition) is 10. The van der Waals surface area contributed by atoms with Crippen LogP contribution in [-0.2, 0) is 18.6 Å². The van der Waals surface area contributed by atoms with Crippen LogP contribution in [0, 0.1) is 0 Å². The highest BCUT2D eigenvalue weighted by atomic mass is 31.2. The van der Waals surface area contributed by atoms with Crippen LogP contribution < -0.4 is 5.73 Å². The van der Waals surface area contributed by atoms with Gasteiger partial charge in [-0.15, -0.1) is 0 Å². The smallest absolute Gasteiger partial charge is 0.387 e. The molecule has 3 heterocycles. The predicted octanol–water partition coefficient (Wildman–Crippen LogP) is -3.49. The van der Waals surface area contributed by atoms with Crippen molar-refractivity contribution in [1.29, 1.82) is 0 Å². The van der Waals surface area contributed by atoms with Crippen LogP contribution in [0.1, 0.15) is 0 Å². The molecular weight excluding hydrogens is 349 g/mol. The molecule has 0 radical (unpaired) electrons. The fourth-order valence-corrected chi connectivity index (χ4v) is 2.82. The molecule has 1 saturated heterocycles. The maximum atomic E-state index is 11.7. The third kappa shape index (κ3) is 3.10. The number of guanidine groups is 1. The molecule has 1 fully saturated rings. The lowest BCUT2D eigenvalue weighted by molar-refractivity contribution is -0.117. The first kappa shape index (κ1) is 17.1. The summed E-state index contributed by atoms with van der Waals surface area (Å²) in [5.41, 5.74) is 5.43. The molecular formula is C10H14N5O8P. The van der Waals surface area contributed by atoms with E-state index in [0.717, 1.165) is 0 Å². The largest absolute Gasteiger partial charge is 0.469 e. The number of carbonyl (C=O) groups is 1. The highest BCUT2D eigenvalue weighted by Crippen LogP contribution is 2.37. The SMILES string of the molecule is NC1=NC(=O)C2N=CN([C@@H]3O[C@H](COP(=O)(O)O)[C@@H](O)[C@H]3O)C2=N1. The van der Waals surface area contributed by atoms with Crippen LogP contribution in [0.4, 0.5) is 0 Å². The summed E-state index contributed by atoms with van der Waals surface area (Å²) in [5, 5.41) is 20.1. The molecule has 0 aromatic carbocycles. The van der Waals surface area contributed by atoms with Gasteiger partial charge in [0.05, 0.1) is 12.9 Å². The minimum atomic E-state index is -4.76. The Hall–Kier alpha value is -1.73. The van der Waals surface area contributed by atoms with Gasteiger partial charge in [-0.05, 0) is 0 Å². The molecule has 5 atom stereocenters. The lowest BCUT2D eigenvalue weighted by Crippen LogP contribution is -2.49. The van der Waals surface area contributed by atoms with Gasteiger partial charge in [-0.25, -0.2) is 4.57 Å². The molecule has 13 nitrogen and oxygen atoms in total. The van der Waals surface area contributed by atoms with Crippen molar-refractivity contribution in [2.75, 3.05) is 6.61 Å². The van der Waals surface area contributed by atoms with E-state index in [-0.39, 0.29) is 11.8 Å². The number of carbonyl (C=O) groups excluding carboxylic acids is 1. The number of amides is 1. The highest BCUT2D eigenvalue weighted by molar-refractivity contribution is 7.46. The number of fused-ring (bicyclic) bond motifs is 1. The summed E-state index contributed by atoms with van der Waals surface area (Å²) in [6.45, 7) is -0.650. The number of ether oxygens (including phenoxy) is 1. The molecule has 0 aromatic heterocycles. The average Bonchev–Trinajstić information content (AvgIpc) is 3.00. The van der Waals surface area contributed by atoms with Gasteiger partial charge in [-0.2, -0.15) is 9.98 Å². The van der Waals surface area contributed by atoms with Gasteiger partial charge in [-0.1, -0.05) is 0 Å². The van der Waals surface area contributed by atoms with Crippen molar-refractivity contribution in [2.24, 2.45) is 20.7 Å². The van der Waals surface area contributed by atoms with Gasteiger partial charge in [0.1, 0.15) is 18.3 Å². The number of phosphoric acid groups is 1. The molecule has 0 spiro atoms. The summed E-state index contributed by atoms with van der Waals surface area (Å²) in [4.78, 5) is 41.6. The number of aliphatic hydroxyl groups is 2. The van der Waals surface area contributed by atoms with Crippen LogP contribution >= 0.6 is 7.82 Å². The van der Waals surface area contributed by atoms with Gasteiger partial charge in [0, 0.05) is 0 Å². The number of nitrogens with zero attached hydrogens (tertiary/aromatic N) is 4. The quantitative estimate of drug-likeness (QED) is 0.312. The molecule has 1 amide bonds. The van der Waals surface area contributed by atoms with E-state index in [1.807, 2.05) is 0 Å². The molecule has 3 aliphatic heterocycles. The van der Waals surface area contributed by atoms with E-state index in [2.05, 4.69) is 19.5 Å². The second kappa shape index (κ2) is 5.97. The summed E-state index contributed by atoms with van der Waals surface area (Å²) in [5.74, 6) is -0.845. The van der Waals surface area contributed by atoms with Crippen LogP contribution in [-0.4, -0.2) is 86.1 Å². The van der Waals surface area contributed by atoms with Gasteiger partial charge in [-0.3, -0.25) is 19.2 Å². The van der Waals surface area contributed by atoms with Gasteiger partial charge in [0.2, 0.25) is 5.96 Å². The zero-order chi connectivity index (χ0) is 17.6. The van der Waals surface area contributed by atoms with Crippen molar-refractivity contribution in [3.05, 3.63) is 0 Å². The molecule has 3 aliphatic rings. The van der Waals surface area contributed by atoms with E-state index in [4.69, 9.17) is 20.3 Å². The first-order chi connectivity index (χ1) is 11.2. The summed E-state index contributed by atoms with van der Waals surface area (Å²) >= 11 is 0. The fraction of sp³-hybridized carbons (Fsp3) is 0.600. The van der Waals surface area contributed by atoms with Crippen LogP contribution in [0.15, 0.2) is 15.0 Å². The van der Waals surface area contributed by atoms with Gasteiger partial charge in [0.15, 0.2) is 18.1 Å². The van der Waals surface area contributed by atoms with Crippen LogP contribution in [0.25, 0.3) is 0 Å². The average molecular weight is 363 g/mol. The summed E-state index contributed by atoms with van der Waals surface area (Å²) in [6.07, 6.45) is -4.19. The number of amidine groups is 1. The Kier molecular flexibility index (Phi) is 4.25. The molecule has 6 N–H and O–H groups in total. The van der Waals surface area contributed by atoms with Crippen molar-refractivity contribution in [1.82, 2.24) is 4.90 Å². The third-order valence-corrected chi connectivity index (χ3v) is 4.04. The van der Waals surface area contributed by atoms with Crippen molar-refractivity contribution in [3.8, 4) is 0 Å². The lowest BCUT2D eigenvalue weighted by Gasteiger charge is -2.27. The Morgan fingerprint density at radius 2 is 2.04 bits per heavy atom. The van der Waals surface area contributed by atoms with E-state index in [1.54, 1.807) is 0 Å². The van der Waals surface area contributed by atoms with Crippen molar-refractivity contribution in [2.45, 2.75) is 30.6 Å². The van der Waals surface area contributed by atoms with Crippen molar-refractivity contribution in [3.63, 3.8) is 0 Å². The normalized spacial score (nSPS) is 35.9. The zero-order valence-electron chi connectivity index (χ0n) is 11.9. The molecule has 132 valence electrons. The monoisotopic (exact) mass is 363 g/mol. The van der Waals surface area contributed by atoms with Gasteiger partial charge in [0.25, 0.3) is 5.91 Å². The summed E-state index contributed by atoms with van der Waals surface area (Å²) in [7, 11) is -4.76. The third-order valence-electron chi connectivity index (χ3n) is 3.56. The topological polar surface area (TPSA) is 200 Å². The predicted molar refractivity (Wildman–Crippen MR) is 76.9 cm³/mol. The first-order valence-corrected chi connectivity index (χ1v) is 8.20. The second-order valence-corrected chi connectivity index (χ2v) is 6.42. The number of phosphoric ester groups is 1. The zero-order valence-corrected chi connectivity index (χ0v) is 12.8. The van der Waals surface area contributed by atoms with E-state index in [0.29, 0.717) is 0 Å². The maximum Gasteiger partial charge on any atom is 0.469 e. The Morgan fingerprint density at radius 3 is 2.71 bits per heavy atom. The maximum absolute atomic E-state index is 11.7. The molecule has 3 rings (SSSR count). The van der Waals surface area contributed by atoms with Gasteiger partial charge < -0.3 is 30.5 Å². The van der Waals surface area contributed by atoms with E-state index < -0.39 is 50.9 Å². The number of aliphatic hydroxyl groups excluding tert-OH is 2. The minimum Gasteiger partial charge on any atom is -0.387 e. The Bertz CT molecular complexity index is 689. The second-order valence-electron chi connectivity index (χ2n) is 5.19. The number of aliphatic imine (C=N–C) groups is 3. The number of nitrogens with two attached hydrogens (primary N) is 1. The Labute approximate surface area is 134 Å². The highest BCUT2D eigenvalue weighted by Gasteiger charge is 2.50. The van der Waals surface area contributed by atoms with Crippen LogP contribution in [0.5, 0.6) is 0 Å². The standard InChI is InChI=1S/C10H14N5O8P/c11-10-13-7-4(8(18)14-10)12-2-15(7)9-6(17)5(16)3(23-9)1-22-24(19,20)21/h2-6,9,16-17H,1H2,(H2,11,14,18)(H2,19,20,21)/t3-,4?,5-,6-,9-/m1/s1. The Balaban J connectivity index is 1.76. The molecule has 0 saturated carbocycles. The van der Waals surface area contributed by atoms with Crippen molar-refractivity contribution >= 4 is 31.9 Å². The lowest BCUT2D eigenvalue weighted by atomic mass is 10.1. The molecule has 0 aliphatic carbocycles. The number of rotatable bonds is 4. The molecule has 1 unspecified atom stereocenters. The summed E-state index contributed by atoms with van der Waals surface area (Å²) in [6, 6.07) is -1.02. The van der Waals surface area contributed by atoms with E-state index in [9.17, 15) is 19.6 Å². The minimum absolute atomic E-state index is 0.0697. The van der Waals surface area contributed by atoms with E-state index >= 15 is 0 Å². The fourth-order valence-electron chi connectivity index (χ4n) is 2.48. The van der Waals surface area contributed by atoms with Crippen LogP contribution in [0.2, 0.25) is 0 Å². The van der Waals surface area contributed by atoms with Gasteiger partial charge >= 0.3 is 7.82 Å². The molecule has 0 aromatic rings. The van der Waals surface area contributed by atoms with E-state index in [1.165, 1.54) is 11.2 Å². The molecule has 0 bridgehead atoms. The Morgan fingerprint density at radius 1 is 1.33 bits per heavy atom. The van der Waals surface area contributed by atoms with Crippen LogP contribution in [0.3, 0.4) is 0 Å². The first-order valence-electron chi connectivity index (χ1n) is 6.67.